The highest BCUT2D eigenvalue weighted by molar-refractivity contribution is 5.20. The summed E-state index contributed by atoms with van der Waals surface area (Å²) in [4.78, 5) is 0. The molecule has 0 radical (unpaired) electrons. The zero-order valence-corrected chi connectivity index (χ0v) is 11.5. The van der Waals surface area contributed by atoms with Gasteiger partial charge in [0.15, 0.2) is 0 Å². The summed E-state index contributed by atoms with van der Waals surface area (Å²) in [7, 11) is 0. The van der Waals surface area contributed by atoms with Crippen molar-refractivity contribution in [1.82, 2.24) is 15.5 Å². The number of hydrogen-bond acceptors (Lipinski definition) is 5. The lowest BCUT2D eigenvalue weighted by molar-refractivity contribution is 0.477. The van der Waals surface area contributed by atoms with Crippen molar-refractivity contribution in [2.75, 3.05) is 18.4 Å². The summed E-state index contributed by atoms with van der Waals surface area (Å²) in [6, 6.07) is 6.87. The lowest BCUT2D eigenvalue weighted by Gasteiger charge is -2.02. The molecule has 0 amide bonds. The van der Waals surface area contributed by atoms with Crippen molar-refractivity contribution in [2.24, 2.45) is 0 Å². The molecule has 1 aromatic heterocycles. The van der Waals surface area contributed by atoms with E-state index in [9.17, 15) is 4.39 Å². The van der Waals surface area contributed by atoms with E-state index < -0.39 is 0 Å². The molecule has 1 aromatic carbocycles. The molecule has 0 unspecified atom stereocenters. The van der Waals surface area contributed by atoms with Crippen molar-refractivity contribution in [3.8, 4) is 0 Å². The molecule has 2 N–H and O–H groups in total. The normalized spacial score (nSPS) is 10.7. The van der Waals surface area contributed by atoms with Crippen LogP contribution < -0.4 is 10.6 Å². The van der Waals surface area contributed by atoms with E-state index in [1.165, 1.54) is 12.1 Å². The summed E-state index contributed by atoms with van der Waals surface area (Å²) in [6.07, 6.45) is 1.84. The summed E-state index contributed by atoms with van der Waals surface area (Å²) in [5.41, 5.74) is 1.06. The summed E-state index contributed by atoms with van der Waals surface area (Å²) in [5, 5.41) is 14.1. The number of nitrogens with one attached hydrogen (secondary N) is 2. The van der Waals surface area contributed by atoms with Gasteiger partial charge in [0, 0.05) is 6.54 Å². The predicted octanol–water partition coefficient (Wildman–Crippen LogP) is 2.36. The second-order valence-corrected chi connectivity index (χ2v) is 4.48. The topological polar surface area (TPSA) is 63.0 Å². The van der Waals surface area contributed by atoms with E-state index in [4.69, 9.17) is 4.42 Å². The Hall–Kier alpha value is -1.95. The second-order valence-electron chi connectivity index (χ2n) is 4.48. The van der Waals surface area contributed by atoms with E-state index in [2.05, 4.69) is 27.8 Å². The zero-order chi connectivity index (χ0) is 14.2. The molecule has 0 atom stereocenters. The highest BCUT2D eigenvalue weighted by atomic mass is 19.1. The number of nitrogens with zero attached hydrogens (tertiary/aromatic N) is 2. The van der Waals surface area contributed by atoms with Crippen molar-refractivity contribution in [3.05, 3.63) is 41.5 Å². The maximum absolute atomic E-state index is 12.7. The molecule has 0 aliphatic rings. The molecule has 0 aliphatic heterocycles. The minimum absolute atomic E-state index is 0.220. The Morgan fingerprint density at radius 2 is 1.95 bits per heavy atom. The predicted molar refractivity (Wildman–Crippen MR) is 74.9 cm³/mol. The molecule has 20 heavy (non-hydrogen) atoms. The van der Waals surface area contributed by atoms with Gasteiger partial charge in [-0.2, -0.15) is 0 Å². The number of aromatic nitrogens is 2. The number of benzene rings is 1. The molecule has 1 heterocycles. The van der Waals surface area contributed by atoms with Crippen LogP contribution in [0, 0.1) is 5.82 Å². The highest BCUT2D eigenvalue weighted by Crippen LogP contribution is 2.07. The summed E-state index contributed by atoms with van der Waals surface area (Å²) < 4.78 is 18.2. The lowest BCUT2D eigenvalue weighted by atomic mass is 10.1. The SMILES string of the molecule is CCCNCc1nnc(NCCc2ccc(F)cc2)o1. The first-order valence-electron chi connectivity index (χ1n) is 6.79. The third-order valence-corrected chi connectivity index (χ3v) is 2.77. The van der Waals surface area contributed by atoms with Crippen LogP contribution in [0.25, 0.3) is 0 Å². The highest BCUT2D eigenvalue weighted by Gasteiger charge is 2.04. The number of hydrogen-bond donors (Lipinski definition) is 2. The van der Waals surface area contributed by atoms with Gasteiger partial charge in [-0.3, -0.25) is 0 Å². The maximum atomic E-state index is 12.7. The molecular formula is C14H19FN4O. The van der Waals surface area contributed by atoms with Gasteiger partial charge in [-0.1, -0.05) is 24.2 Å². The van der Waals surface area contributed by atoms with Crippen LogP contribution in [0.5, 0.6) is 0 Å². The minimum Gasteiger partial charge on any atom is -0.407 e. The van der Waals surface area contributed by atoms with Crippen molar-refractivity contribution in [2.45, 2.75) is 26.3 Å². The summed E-state index contributed by atoms with van der Waals surface area (Å²) in [6.45, 7) is 4.27. The molecule has 0 bridgehead atoms. The van der Waals surface area contributed by atoms with E-state index in [0.717, 1.165) is 24.9 Å². The van der Waals surface area contributed by atoms with Crippen molar-refractivity contribution >= 4 is 6.01 Å². The largest absolute Gasteiger partial charge is 0.407 e. The average molecular weight is 278 g/mol. The third kappa shape index (κ3) is 4.62. The fourth-order valence-electron chi connectivity index (χ4n) is 1.73. The Morgan fingerprint density at radius 1 is 1.15 bits per heavy atom. The van der Waals surface area contributed by atoms with E-state index in [-0.39, 0.29) is 5.82 Å². The van der Waals surface area contributed by atoms with Crippen LogP contribution in [0.2, 0.25) is 0 Å². The van der Waals surface area contributed by atoms with E-state index in [1.54, 1.807) is 12.1 Å². The van der Waals surface area contributed by atoms with Crippen molar-refractivity contribution < 1.29 is 8.81 Å². The molecule has 108 valence electrons. The van der Waals surface area contributed by atoms with Gasteiger partial charge < -0.3 is 15.1 Å². The Labute approximate surface area is 117 Å². The van der Waals surface area contributed by atoms with Crippen LogP contribution in [0.1, 0.15) is 24.8 Å². The van der Waals surface area contributed by atoms with Gasteiger partial charge in [-0.25, -0.2) is 4.39 Å². The monoisotopic (exact) mass is 278 g/mol. The lowest BCUT2D eigenvalue weighted by Crippen LogP contribution is -2.13. The molecule has 0 saturated heterocycles. The van der Waals surface area contributed by atoms with Crippen molar-refractivity contribution in [3.63, 3.8) is 0 Å². The minimum atomic E-state index is -0.220. The van der Waals surface area contributed by atoms with Crippen LogP contribution in [0.3, 0.4) is 0 Å². The van der Waals surface area contributed by atoms with E-state index in [1.807, 2.05) is 0 Å². The Balaban J connectivity index is 1.72. The van der Waals surface area contributed by atoms with Crippen molar-refractivity contribution in [1.29, 1.82) is 0 Å². The molecular weight excluding hydrogens is 259 g/mol. The summed E-state index contributed by atoms with van der Waals surface area (Å²) in [5.74, 6) is 0.352. The molecule has 0 fully saturated rings. The number of rotatable bonds is 8. The molecule has 6 heteroatoms. The standard InChI is InChI=1S/C14H19FN4O/c1-2-8-16-10-13-18-19-14(20-13)17-9-7-11-3-5-12(15)6-4-11/h3-6,16H,2,7-10H2,1H3,(H,17,19). The Morgan fingerprint density at radius 3 is 2.70 bits per heavy atom. The Bertz CT molecular complexity index is 512. The molecule has 2 aromatic rings. The molecule has 0 spiro atoms. The maximum Gasteiger partial charge on any atom is 0.315 e. The fraction of sp³-hybridized carbons (Fsp3) is 0.429. The van der Waals surface area contributed by atoms with Crippen LogP contribution in [-0.2, 0) is 13.0 Å². The van der Waals surface area contributed by atoms with E-state index >= 15 is 0 Å². The van der Waals surface area contributed by atoms with Gasteiger partial charge in [0.25, 0.3) is 0 Å². The van der Waals surface area contributed by atoms with Gasteiger partial charge >= 0.3 is 6.01 Å². The zero-order valence-electron chi connectivity index (χ0n) is 11.5. The van der Waals surface area contributed by atoms with Gasteiger partial charge in [-0.15, -0.1) is 5.10 Å². The molecule has 2 rings (SSSR count). The van der Waals surface area contributed by atoms with Gasteiger partial charge in [-0.05, 0) is 37.1 Å². The summed E-state index contributed by atoms with van der Waals surface area (Å²) >= 11 is 0. The van der Waals surface area contributed by atoms with Gasteiger partial charge in [0.1, 0.15) is 5.82 Å². The first-order chi connectivity index (χ1) is 9.78. The van der Waals surface area contributed by atoms with Crippen LogP contribution in [-0.4, -0.2) is 23.3 Å². The number of anilines is 1. The first kappa shape index (κ1) is 14.5. The van der Waals surface area contributed by atoms with E-state index in [0.29, 0.717) is 25.0 Å². The third-order valence-electron chi connectivity index (χ3n) is 2.77. The van der Waals surface area contributed by atoms with Crippen LogP contribution in [0.4, 0.5) is 10.4 Å². The average Bonchev–Trinajstić information content (AvgIpc) is 2.89. The Kier molecular flexibility index (Phi) is 5.49. The van der Waals surface area contributed by atoms with Gasteiger partial charge in [0.05, 0.1) is 6.54 Å². The quantitative estimate of drug-likeness (QED) is 0.726. The molecule has 0 aliphatic carbocycles. The van der Waals surface area contributed by atoms with Crippen LogP contribution in [0.15, 0.2) is 28.7 Å². The smallest absolute Gasteiger partial charge is 0.315 e. The number of halogens is 1. The van der Waals surface area contributed by atoms with Gasteiger partial charge in [0.2, 0.25) is 5.89 Å². The molecule has 0 saturated carbocycles. The van der Waals surface area contributed by atoms with Crippen LogP contribution >= 0.6 is 0 Å². The fourth-order valence-corrected chi connectivity index (χ4v) is 1.73. The molecule has 5 nitrogen and oxygen atoms in total. The second kappa shape index (κ2) is 7.59. The first-order valence-corrected chi connectivity index (χ1v) is 6.79.